The van der Waals surface area contributed by atoms with Crippen molar-refractivity contribution in [1.82, 2.24) is 10.2 Å². The summed E-state index contributed by atoms with van der Waals surface area (Å²) in [6.45, 7) is 6.54. The summed E-state index contributed by atoms with van der Waals surface area (Å²) < 4.78 is 43.4. The fourth-order valence-electron chi connectivity index (χ4n) is 4.20. The van der Waals surface area contributed by atoms with Gasteiger partial charge >= 0.3 is 0 Å². The smallest absolute Gasteiger partial charge is 0.264 e. The molecule has 0 saturated heterocycles. The van der Waals surface area contributed by atoms with E-state index in [0.29, 0.717) is 17.0 Å². The van der Waals surface area contributed by atoms with Crippen molar-refractivity contribution in [2.24, 2.45) is 0 Å². The Bertz CT molecular complexity index is 1490. The molecule has 2 atom stereocenters. The highest BCUT2D eigenvalue weighted by Crippen LogP contribution is 2.28. The van der Waals surface area contributed by atoms with Crippen molar-refractivity contribution in [3.63, 3.8) is 0 Å². The predicted molar refractivity (Wildman–Crippen MR) is 161 cm³/mol. The highest BCUT2D eigenvalue weighted by atomic mass is 35.5. The molecule has 0 fully saturated rings. The summed E-state index contributed by atoms with van der Waals surface area (Å²) in [5, 5.41) is 3.50. The standard InChI is InChI=1S/C30H34Cl2FN3O4S/c1-5-21(4)34-30(38)27(6-2)35(18-22-13-16-24(31)25(32)17-22)29(37)19-36(28-10-8-7-9-26(28)33)41(39,40)23-14-11-20(3)12-15-23/h7-17,21,27H,5-6,18-19H2,1-4H3,(H,34,38)/t21-,27-/m1/s1. The summed E-state index contributed by atoms with van der Waals surface area (Å²) in [5.74, 6) is -1.89. The van der Waals surface area contributed by atoms with Crippen LogP contribution in [0.5, 0.6) is 0 Å². The summed E-state index contributed by atoms with van der Waals surface area (Å²) in [7, 11) is -4.38. The van der Waals surface area contributed by atoms with Gasteiger partial charge in [-0.3, -0.25) is 13.9 Å². The number of amides is 2. The molecule has 11 heteroatoms. The number of hydrogen-bond donors (Lipinski definition) is 1. The van der Waals surface area contributed by atoms with Crippen LogP contribution in [0.4, 0.5) is 10.1 Å². The maximum absolute atomic E-state index is 15.0. The Morgan fingerprint density at radius 1 is 0.951 bits per heavy atom. The van der Waals surface area contributed by atoms with E-state index in [9.17, 15) is 18.0 Å². The molecular formula is C30H34Cl2FN3O4S. The van der Waals surface area contributed by atoms with Crippen molar-refractivity contribution in [3.05, 3.63) is 93.7 Å². The molecule has 7 nitrogen and oxygen atoms in total. The van der Waals surface area contributed by atoms with E-state index in [1.165, 1.54) is 35.2 Å². The number of rotatable bonds is 12. The van der Waals surface area contributed by atoms with Crippen LogP contribution in [-0.2, 0) is 26.2 Å². The monoisotopic (exact) mass is 621 g/mol. The van der Waals surface area contributed by atoms with Crippen LogP contribution < -0.4 is 9.62 Å². The highest BCUT2D eigenvalue weighted by molar-refractivity contribution is 7.92. The van der Waals surface area contributed by atoms with Gasteiger partial charge in [0.15, 0.2) is 0 Å². The Balaban J connectivity index is 2.09. The van der Waals surface area contributed by atoms with Crippen LogP contribution in [0.1, 0.15) is 44.7 Å². The first-order chi connectivity index (χ1) is 19.4. The zero-order chi connectivity index (χ0) is 30.3. The van der Waals surface area contributed by atoms with Crippen molar-refractivity contribution >= 4 is 50.7 Å². The van der Waals surface area contributed by atoms with E-state index in [4.69, 9.17) is 23.2 Å². The largest absolute Gasteiger partial charge is 0.352 e. The minimum atomic E-state index is -4.38. The quantitative estimate of drug-likeness (QED) is 0.255. The van der Waals surface area contributed by atoms with Gasteiger partial charge in [-0.15, -0.1) is 0 Å². The minimum absolute atomic E-state index is 0.0577. The lowest BCUT2D eigenvalue weighted by molar-refractivity contribution is -0.140. The molecule has 0 aliphatic heterocycles. The summed E-state index contributed by atoms with van der Waals surface area (Å²) in [6, 6.07) is 15.2. The normalized spacial score (nSPS) is 12.9. The zero-order valence-electron chi connectivity index (χ0n) is 23.4. The first-order valence-electron chi connectivity index (χ1n) is 13.3. The van der Waals surface area contributed by atoms with Crippen LogP contribution in [0.2, 0.25) is 10.0 Å². The molecule has 0 aliphatic carbocycles. The van der Waals surface area contributed by atoms with Gasteiger partial charge in [0.25, 0.3) is 10.0 Å². The van der Waals surface area contributed by atoms with Crippen molar-refractivity contribution in [3.8, 4) is 0 Å². The van der Waals surface area contributed by atoms with Crippen molar-refractivity contribution in [2.45, 2.75) is 64.1 Å². The number of benzene rings is 3. The molecule has 3 rings (SSSR count). The molecule has 0 aromatic heterocycles. The lowest BCUT2D eigenvalue weighted by Gasteiger charge is -2.33. The Morgan fingerprint density at radius 3 is 2.20 bits per heavy atom. The molecule has 2 amide bonds. The lowest BCUT2D eigenvalue weighted by atomic mass is 10.1. The molecule has 0 heterocycles. The number of nitrogens with one attached hydrogen (secondary N) is 1. The van der Waals surface area contributed by atoms with Gasteiger partial charge in [-0.1, -0.05) is 72.9 Å². The summed E-state index contributed by atoms with van der Waals surface area (Å²) >= 11 is 12.3. The Labute approximate surface area is 251 Å². The van der Waals surface area contributed by atoms with Crippen molar-refractivity contribution in [1.29, 1.82) is 0 Å². The lowest BCUT2D eigenvalue weighted by Crippen LogP contribution is -2.53. The van der Waals surface area contributed by atoms with Crippen LogP contribution in [0.15, 0.2) is 71.6 Å². The summed E-state index contributed by atoms with van der Waals surface area (Å²) in [4.78, 5) is 28.6. The number of sulfonamides is 1. The van der Waals surface area contributed by atoms with Crippen LogP contribution in [0, 0.1) is 12.7 Å². The molecule has 0 saturated carbocycles. The van der Waals surface area contributed by atoms with Crippen molar-refractivity contribution in [2.75, 3.05) is 10.8 Å². The van der Waals surface area contributed by atoms with Crippen molar-refractivity contribution < 1.29 is 22.4 Å². The maximum Gasteiger partial charge on any atom is 0.264 e. The Hall–Kier alpha value is -3.14. The second kappa shape index (κ2) is 14.2. The molecule has 0 unspecified atom stereocenters. The first kappa shape index (κ1) is 32.4. The Morgan fingerprint density at radius 2 is 1.61 bits per heavy atom. The number of hydrogen-bond acceptors (Lipinski definition) is 4. The fourth-order valence-corrected chi connectivity index (χ4v) is 5.94. The van der Waals surface area contributed by atoms with E-state index in [1.807, 2.05) is 20.8 Å². The van der Waals surface area contributed by atoms with E-state index in [-0.39, 0.29) is 40.5 Å². The summed E-state index contributed by atoms with van der Waals surface area (Å²) in [5.41, 5.74) is 1.14. The van der Waals surface area contributed by atoms with Gasteiger partial charge in [-0.25, -0.2) is 12.8 Å². The number of halogens is 3. The number of carbonyl (C=O) groups excluding carboxylic acids is 2. The van der Waals surface area contributed by atoms with E-state index in [2.05, 4.69) is 5.32 Å². The predicted octanol–water partition coefficient (Wildman–Crippen LogP) is 6.36. The number of anilines is 1. The average molecular weight is 623 g/mol. The van der Waals surface area contributed by atoms with Gasteiger partial charge in [0.05, 0.1) is 20.6 Å². The van der Waals surface area contributed by atoms with E-state index in [1.54, 1.807) is 37.3 Å². The molecule has 0 spiro atoms. The van der Waals surface area contributed by atoms with Gasteiger partial charge in [-0.05, 0) is 68.7 Å². The molecule has 220 valence electrons. The molecule has 0 radical (unpaired) electrons. The Kier molecular flexibility index (Phi) is 11.2. The third-order valence-corrected chi connectivity index (χ3v) is 9.25. The average Bonchev–Trinajstić information content (AvgIpc) is 2.94. The van der Waals surface area contributed by atoms with Gasteiger partial charge in [0, 0.05) is 12.6 Å². The molecule has 1 N–H and O–H groups in total. The molecule has 3 aromatic rings. The van der Waals surface area contributed by atoms with Crippen LogP contribution in [0.25, 0.3) is 0 Å². The fraction of sp³-hybridized carbons (Fsp3) is 0.333. The first-order valence-corrected chi connectivity index (χ1v) is 15.5. The molecule has 0 bridgehead atoms. The number of aryl methyl sites for hydroxylation is 1. The highest BCUT2D eigenvalue weighted by Gasteiger charge is 2.34. The maximum atomic E-state index is 15.0. The minimum Gasteiger partial charge on any atom is -0.352 e. The number of carbonyl (C=O) groups is 2. The van der Waals surface area contributed by atoms with Gasteiger partial charge < -0.3 is 10.2 Å². The van der Waals surface area contributed by atoms with E-state index < -0.39 is 34.3 Å². The molecular weight excluding hydrogens is 588 g/mol. The van der Waals surface area contributed by atoms with Crippen LogP contribution >= 0.6 is 23.2 Å². The third kappa shape index (κ3) is 7.99. The molecule has 41 heavy (non-hydrogen) atoms. The van der Waals surface area contributed by atoms with Crippen LogP contribution in [0.3, 0.4) is 0 Å². The molecule has 3 aromatic carbocycles. The number of nitrogens with zero attached hydrogens (tertiary/aromatic N) is 2. The molecule has 0 aliphatic rings. The summed E-state index contributed by atoms with van der Waals surface area (Å²) in [6.07, 6.45) is 0.929. The second-order valence-corrected chi connectivity index (χ2v) is 12.5. The van der Waals surface area contributed by atoms with Crippen LogP contribution in [-0.4, -0.2) is 43.8 Å². The number of para-hydroxylation sites is 1. The van der Waals surface area contributed by atoms with Gasteiger partial charge in [0.1, 0.15) is 18.4 Å². The topological polar surface area (TPSA) is 86.8 Å². The third-order valence-electron chi connectivity index (χ3n) is 6.73. The van der Waals surface area contributed by atoms with E-state index >= 15 is 4.39 Å². The van der Waals surface area contributed by atoms with E-state index in [0.717, 1.165) is 15.9 Å². The zero-order valence-corrected chi connectivity index (χ0v) is 25.7. The SMILES string of the molecule is CC[C@@H](C)NC(=O)[C@@H](CC)N(Cc1ccc(Cl)c(Cl)c1)C(=O)CN(c1ccccc1F)S(=O)(=O)c1ccc(C)cc1. The van der Waals surface area contributed by atoms with Gasteiger partial charge in [0.2, 0.25) is 11.8 Å². The van der Waals surface area contributed by atoms with Gasteiger partial charge in [-0.2, -0.15) is 0 Å². The second-order valence-electron chi connectivity index (χ2n) is 9.79.